The fourth-order valence-corrected chi connectivity index (χ4v) is 3.21. The van der Waals surface area contributed by atoms with Crippen LogP contribution in [0.3, 0.4) is 0 Å². The molecular weight excluding hydrogens is 278 g/mol. The number of primary amides is 1. The predicted octanol–water partition coefficient (Wildman–Crippen LogP) is 1.67. The molecule has 1 aliphatic rings. The van der Waals surface area contributed by atoms with E-state index < -0.39 is 0 Å². The molecule has 3 rings (SSSR count). The van der Waals surface area contributed by atoms with Crippen LogP contribution in [0.2, 0.25) is 0 Å². The number of aromatic nitrogens is 1. The topological polar surface area (TPSA) is 68.3 Å². The van der Waals surface area contributed by atoms with Crippen LogP contribution in [0.15, 0.2) is 30.3 Å². The molecule has 22 heavy (non-hydrogen) atoms. The Morgan fingerprint density at radius 1 is 1.23 bits per heavy atom. The molecule has 0 aliphatic carbocycles. The zero-order chi connectivity index (χ0) is 15.7. The molecule has 2 aromatic rings. The highest BCUT2D eigenvalue weighted by Crippen LogP contribution is 2.21. The molecule has 1 aliphatic heterocycles. The van der Waals surface area contributed by atoms with Crippen molar-refractivity contribution in [3.05, 3.63) is 36.0 Å². The lowest BCUT2D eigenvalue weighted by Gasteiger charge is -2.31. The van der Waals surface area contributed by atoms with Gasteiger partial charge in [0, 0.05) is 30.2 Å². The molecule has 1 fully saturated rings. The molecule has 116 valence electrons. The monoisotopic (exact) mass is 299 g/mol. The van der Waals surface area contributed by atoms with Gasteiger partial charge in [-0.15, -0.1) is 0 Å². The Balaban J connectivity index is 1.72. The van der Waals surface area contributed by atoms with E-state index in [1.165, 1.54) is 0 Å². The number of nitrogens with zero attached hydrogens (tertiary/aromatic N) is 2. The van der Waals surface area contributed by atoms with Crippen LogP contribution in [0, 0.1) is 12.8 Å². The van der Waals surface area contributed by atoms with Gasteiger partial charge in [0.05, 0.1) is 0 Å². The first-order valence-corrected chi connectivity index (χ1v) is 7.68. The van der Waals surface area contributed by atoms with Gasteiger partial charge in [-0.25, -0.2) is 0 Å². The molecule has 5 heteroatoms. The van der Waals surface area contributed by atoms with Crippen molar-refractivity contribution in [1.82, 2.24) is 9.47 Å². The van der Waals surface area contributed by atoms with E-state index in [1.54, 1.807) is 0 Å². The van der Waals surface area contributed by atoms with Gasteiger partial charge in [0.2, 0.25) is 11.8 Å². The quantitative estimate of drug-likeness (QED) is 0.936. The molecule has 1 aromatic carbocycles. The van der Waals surface area contributed by atoms with E-state index in [4.69, 9.17) is 5.73 Å². The van der Waals surface area contributed by atoms with Crippen molar-refractivity contribution in [2.75, 3.05) is 13.1 Å². The van der Waals surface area contributed by atoms with Gasteiger partial charge in [-0.3, -0.25) is 9.59 Å². The van der Waals surface area contributed by atoms with E-state index in [1.807, 2.05) is 30.0 Å². The van der Waals surface area contributed by atoms with Crippen molar-refractivity contribution in [3.63, 3.8) is 0 Å². The molecule has 0 saturated carbocycles. The van der Waals surface area contributed by atoms with E-state index in [-0.39, 0.29) is 17.7 Å². The van der Waals surface area contributed by atoms with Gasteiger partial charge in [0.25, 0.3) is 0 Å². The third-order valence-corrected chi connectivity index (χ3v) is 4.56. The minimum absolute atomic E-state index is 0.0850. The minimum atomic E-state index is -0.251. The third kappa shape index (κ3) is 2.71. The molecule has 5 nitrogen and oxygen atoms in total. The summed E-state index contributed by atoms with van der Waals surface area (Å²) in [4.78, 5) is 25.6. The molecule has 0 radical (unpaired) electrons. The number of para-hydroxylation sites is 1. The summed E-state index contributed by atoms with van der Waals surface area (Å²) in [5.41, 5.74) is 7.50. The first kappa shape index (κ1) is 14.6. The average Bonchev–Trinajstić information content (AvgIpc) is 2.83. The standard InChI is InChI=1S/C17H21N3O2/c1-12-10-14-4-2-3-5-15(14)20(12)11-16(21)19-8-6-13(7-9-19)17(18)22/h2-5,10,13H,6-9,11H2,1H3,(H2,18,22). The summed E-state index contributed by atoms with van der Waals surface area (Å²) >= 11 is 0. The summed E-state index contributed by atoms with van der Waals surface area (Å²) in [5.74, 6) is -0.232. The maximum absolute atomic E-state index is 12.5. The van der Waals surface area contributed by atoms with Gasteiger partial charge in [0.15, 0.2) is 0 Å². The van der Waals surface area contributed by atoms with Crippen molar-refractivity contribution in [2.45, 2.75) is 26.3 Å². The van der Waals surface area contributed by atoms with Crippen LogP contribution < -0.4 is 5.73 Å². The normalized spacial score (nSPS) is 16.1. The van der Waals surface area contributed by atoms with Crippen molar-refractivity contribution in [3.8, 4) is 0 Å². The van der Waals surface area contributed by atoms with Crippen molar-refractivity contribution in [2.24, 2.45) is 11.7 Å². The number of likely N-dealkylation sites (tertiary alicyclic amines) is 1. The first-order chi connectivity index (χ1) is 10.6. The van der Waals surface area contributed by atoms with Crippen molar-refractivity contribution >= 4 is 22.7 Å². The maximum atomic E-state index is 12.5. The predicted molar refractivity (Wildman–Crippen MR) is 85.2 cm³/mol. The largest absolute Gasteiger partial charge is 0.369 e. The number of nitrogens with two attached hydrogens (primary N) is 1. The summed E-state index contributed by atoms with van der Waals surface area (Å²) in [6, 6.07) is 10.2. The summed E-state index contributed by atoms with van der Waals surface area (Å²) in [6.07, 6.45) is 1.35. The Kier molecular flexibility index (Phi) is 3.88. The number of rotatable bonds is 3. The summed E-state index contributed by atoms with van der Waals surface area (Å²) in [7, 11) is 0. The maximum Gasteiger partial charge on any atom is 0.242 e. The highest BCUT2D eigenvalue weighted by molar-refractivity contribution is 5.84. The van der Waals surface area contributed by atoms with Gasteiger partial charge in [-0.2, -0.15) is 0 Å². The summed E-state index contributed by atoms with van der Waals surface area (Å²) in [6.45, 7) is 3.60. The van der Waals surface area contributed by atoms with Crippen LogP contribution in [0.1, 0.15) is 18.5 Å². The van der Waals surface area contributed by atoms with Crippen LogP contribution in [-0.4, -0.2) is 34.4 Å². The minimum Gasteiger partial charge on any atom is -0.369 e. The van der Waals surface area contributed by atoms with Crippen LogP contribution in [-0.2, 0) is 16.1 Å². The highest BCUT2D eigenvalue weighted by atomic mass is 16.2. The molecule has 0 bridgehead atoms. The number of hydrogen-bond donors (Lipinski definition) is 1. The lowest BCUT2D eigenvalue weighted by atomic mass is 9.96. The second kappa shape index (κ2) is 5.83. The molecule has 2 N–H and O–H groups in total. The molecule has 1 aromatic heterocycles. The highest BCUT2D eigenvalue weighted by Gasteiger charge is 2.26. The Bertz CT molecular complexity index is 712. The van der Waals surface area contributed by atoms with E-state index >= 15 is 0 Å². The summed E-state index contributed by atoms with van der Waals surface area (Å²) < 4.78 is 2.05. The van der Waals surface area contributed by atoms with Gasteiger partial charge < -0.3 is 15.2 Å². The first-order valence-electron chi connectivity index (χ1n) is 7.68. The lowest BCUT2D eigenvalue weighted by molar-refractivity contribution is -0.135. The fourth-order valence-electron chi connectivity index (χ4n) is 3.21. The number of amides is 2. The Hall–Kier alpha value is -2.30. The lowest BCUT2D eigenvalue weighted by Crippen LogP contribution is -2.43. The van der Waals surface area contributed by atoms with Crippen LogP contribution in [0.25, 0.3) is 10.9 Å². The molecule has 2 heterocycles. The number of benzene rings is 1. The second-order valence-electron chi connectivity index (χ2n) is 5.99. The number of piperidine rings is 1. The zero-order valence-electron chi connectivity index (χ0n) is 12.8. The molecule has 1 saturated heterocycles. The van der Waals surface area contributed by atoms with Crippen molar-refractivity contribution in [1.29, 1.82) is 0 Å². The number of hydrogen-bond acceptors (Lipinski definition) is 2. The molecule has 2 amide bonds. The number of carbonyl (C=O) groups is 2. The van der Waals surface area contributed by atoms with E-state index in [9.17, 15) is 9.59 Å². The van der Waals surface area contributed by atoms with Gasteiger partial charge >= 0.3 is 0 Å². The van der Waals surface area contributed by atoms with E-state index in [2.05, 4.69) is 16.7 Å². The third-order valence-electron chi connectivity index (χ3n) is 4.56. The SMILES string of the molecule is Cc1cc2ccccc2n1CC(=O)N1CCC(C(N)=O)CC1. The fraction of sp³-hybridized carbons (Fsp3) is 0.412. The number of aryl methyl sites for hydroxylation is 1. The molecule has 0 unspecified atom stereocenters. The Morgan fingerprint density at radius 3 is 2.59 bits per heavy atom. The Labute approximate surface area is 129 Å². The van der Waals surface area contributed by atoms with Gasteiger partial charge in [-0.05, 0) is 37.3 Å². The molecular formula is C17H21N3O2. The van der Waals surface area contributed by atoms with Crippen LogP contribution in [0.5, 0.6) is 0 Å². The number of fused-ring (bicyclic) bond motifs is 1. The van der Waals surface area contributed by atoms with E-state index in [0.717, 1.165) is 16.6 Å². The van der Waals surface area contributed by atoms with E-state index in [0.29, 0.717) is 32.5 Å². The van der Waals surface area contributed by atoms with Gasteiger partial charge in [0.1, 0.15) is 6.54 Å². The zero-order valence-corrected chi connectivity index (χ0v) is 12.8. The van der Waals surface area contributed by atoms with Crippen LogP contribution >= 0.6 is 0 Å². The Morgan fingerprint density at radius 2 is 1.91 bits per heavy atom. The van der Waals surface area contributed by atoms with Crippen LogP contribution in [0.4, 0.5) is 0 Å². The van der Waals surface area contributed by atoms with Gasteiger partial charge in [-0.1, -0.05) is 18.2 Å². The number of carbonyl (C=O) groups excluding carboxylic acids is 2. The molecule has 0 atom stereocenters. The van der Waals surface area contributed by atoms with Crippen molar-refractivity contribution < 1.29 is 9.59 Å². The molecule has 0 spiro atoms. The smallest absolute Gasteiger partial charge is 0.242 e. The second-order valence-corrected chi connectivity index (χ2v) is 5.99. The summed E-state index contributed by atoms with van der Waals surface area (Å²) in [5, 5.41) is 1.15. The average molecular weight is 299 g/mol.